The summed E-state index contributed by atoms with van der Waals surface area (Å²) in [6.45, 7) is 1.79. The lowest BCUT2D eigenvalue weighted by atomic mass is 10.2. The first-order valence-electron chi connectivity index (χ1n) is 9.32. The molecule has 0 saturated carbocycles. The van der Waals surface area contributed by atoms with Gasteiger partial charge in [-0.05, 0) is 30.7 Å². The maximum Gasteiger partial charge on any atom is 0.272 e. The Morgan fingerprint density at radius 1 is 0.786 bits per heavy atom. The summed E-state index contributed by atoms with van der Waals surface area (Å²) in [6.07, 6.45) is 0.638. The van der Waals surface area contributed by atoms with Gasteiger partial charge in [-0.1, -0.05) is 36.4 Å². The van der Waals surface area contributed by atoms with E-state index in [4.69, 9.17) is 0 Å². The van der Waals surface area contributed by atoms with E-state index in [-0.39, 0.29) is 17.4 Å². The van der Waals surface area contributed by atoms with Crippen LogP contribution in [0.4, 0.5) is 4.39 Å². The molecule has 0 spiro atoms. The summed E-state index contributed by atoms with van der Waals surface area (Å²) in [5.74, 6) is -1.01. The molecule has 0 unspecified atom stereocenters. The lowest BCUT2D eigenvalue weighted by Crippen LogP contribution is -2.37. The zero-order valence-electron chi connectivity index (χ0n) is 15.3. The van der Waals surface area contributed by atoms with Gasteiger partial charge in [0.2, 0.25) is 0 Å². The number of aromatic nitrogens is 1. The van der Waals surface area contributed by atoms with E-state index in [1.165, 1.54) is 12.1 Å². The number of fused-ring (bicyclic) bond motifs is 1. The molecule has 3 aromatic rings. The van der Waals surface area contributed by atoms with E-state index in [0.29, 0.717) is 38.3 Å². The van der Waals surface area contributed by atoms with E-state index in [2.05, 4.69) is 4.98 Å². The standard InChI is InChI=1S/C22H20FN3O2/c23-18-8-3-2-7-17(18)21(27)25-12-5-13-26(15-14-25)22(28)20-11-10-16-6-1-4-9-19(16)24-20/h1-4,6-11H,5,12-15H2. The molecule has 1 saturated heterocycles. The average Bonchev–Trinajstić information content (AvgIpc) is 2.99. The number of carbonyl (C=O) groups is 2. The molecule has 1 aliphatic rings. The topological polar surface area (TPSA) is 53.5 Å². The van der Waals surface area contributed by atoms with E-state index in [1.807, 2.05) is 30.3 Å². The predicted molar refractivity (Wildman–Crippen MR) is 105 cm³/mol. The maximum absolute atomic E-state index is 13.9. The molecule has 2 aromatic carbocycles. The third kappa shape index (κ3) is 3.58. The largest absolute Gasteiger partial charge is 0.337 e. The van der Waals surface area contributed by atoms with Gasteiger partial charge in [0.25, 0.3) is 11.8 Å². The minimum absolute atomic E-state index is 0.0680. The highest BCUT2D eigenvalue weighted by molar-refractivity contribution is 5.96. The Labute approximate surface area is 162 Å². The minimum Gasteiger partial charge on any atom is -0.337 e. The fourth-order valence-corrected chi connectivity index (χ4v) is 3.48. The van der Waals surface area contributed by atoms with Crippen molar-refractivity contribution in [1.82, 2.24) is 14.8 Å². The first-order valence-corrected chi connectivity index (χ1v) is 9.32. The quantitative estimate of drug-likeness (QED) is 0.688. The number of carbonyl (C=O) groups excluding carboxylic acids is 2. The lowest BCUT2D eigenvalue weighted by Gasteiger charge is -2.22. The van der Waals surface area contributed by atoms with E-state index in [9.17, 15) is 14.0 Å². The van der Waals surface area contributed by atoms with Crippen molar-refractivity contribution in [3.05, 3.63) is 77.7 Å². The van der Waals surface area contributed by atoms with Crippen LogP contribution in [-0.4, -0.2) is 52.8 Å². The molecule has 28 heavy (non-hydrogen) atoms. The highest BCUT2D eigenvalue weighted by Gasteiger charge is 2.25. The minimum atomic E-state index is -0.523. The number of halogens is 1. The number of nitrogens with zero attached hydrogens (tertiary/aromatic N) is 3. The van der Waals surface area contributed by atoms with Gasteiger partial charge in [-0.2, -0.15) is 0 Å². The molecule has 0 N–H and O–H groups in total. The van der Waals surface area contributed by atoms with E-state index in [0.717, 1.165) is 10.9 Å². The van der Waals surface area contributed by atoms with Gasteiger partial charge in [-0.3, -0.25) is 9.59 Å². The summed E-state index contributed by atoms with van der Waals surface area (Å²) >= 11 is 0. The summed E-state index contributed by atoms with van der Waals surface area (Å²) in [6, 6.07) is 17.3. The molecule has 0 radical (unpaired) electrons. The molecule has 4 rings (SSSR count). The van der Waals surface area contributed by atoms with Crippen LogP contribution in [0.5, 0.6) is 0 Å². The van der Waals surface area contributed by atoms with Crippen molar-refractivity contribution in [1.29, 1.82) is 0 Å². The van der Waals surface area contributed by atoms with Crippen LogP contribution in [-0.2, 0) is 0 Å². The van der Waals surface area contributed by atoms with Gasteiger partial charge in [0.05, 0.1) is 11.1 Å². The Balaban J connectivity index is 1.48. The molecule has 142 valence electrons. The maximum atomic E-state index is 13.9. The van der Waals surface area contributed by atoms with Crippen molar-refractivity contribution in [3.8, 4) is 0 Å². The monoisotopic (exact) mass is 377 g/mol. The number of amides is 2. The zero-order valence-corrected chi connectivity index (χ0v) is 15.3. The first kappa shape index (κ1) is 18.1. The SMILES string of the molecule is O=C(c1ccc2ccccc2n1)N1CCCN(C(=O)c2ccccc2F)CC1. The lowest BCUT2D eigenvalue weighted by molar-refractivity contribution is 0.0713. The second kappa shape index (κ2) is 7.76. The fraction of sp³-hybridized carbons (Fsp3) is 0.227. The number of pyridine rings is 1. The molecule has 0 atom stereocenters. The molecular weight excluding hydrogens is 357 g/mol. The highest BCUT2D eigenvalue weighted by atomic mass is 19.1. The van der Waals surface area contributed by atoms with Crippen LogP contribution in [0.25, 0.3) is 10.9 Å². The third-order valence-electron chi connectivity index (χ3n) is 4.99. The van der Waals surface area contributed by atoms with Gasteiger partial charge in [0, 0.05) is 31.6 Å². The van der Waals surface area contributed by atoms with Gasteiger partial charge in [-0.15, -0.1) is 0 Å². The summed E-state index contributed by atoms with van der Waals surface area (Å²) in [5, 5.41) is 0.983. The first-order chi connectivity index (χ1) is 13.6. The normalized spacial score (nSPS) is 14.8. The summed E-state index contributed by atoms with van der Waals surface area (Å²) in [5.41, 5.74) is 1.24. The third-order valence-corrected chi connectivity index (χ3v) is 4.99. The number of hydrogen-bond acceptors (Lipinski definition) is 3. The molecule has 0 aliphatic carbocycles. The second-order valence-electron chi connectivity index (χ2n) is 6.81. The average molecular weight is 377 g/mol. The second-order valence-corrected chi connectivity index (χ2v) is 6.81. The van der Waals surface area contributed by atoms with Crippen molar-refractivity contribution < 1.29 is 14.0 Å². The van der Waals surface area contributed by atoms with Crippen molar-refractivity contribution in [2.45, 2.75) is 6.42 Å². The number of para-hydroxylation sites is 1. The number of rotatable bonds is 2. The van der Waals surface area contributed by atoms with Gasteiger partial charge in [-0.25, -0.2) is 9.37 Å². The Morgan fingerprint density at radius 3 is 2.25 bits per heavy atom. The summed E-state index contributed by atoms with van der Waals surface area (Å²) in [4.78, 5) is 33.3. The van der Waals surface area contributed by atoms with Gasteiger partial charge < -0.3 is 9.80 Å². The predicted octanol–water partition coefficient (Wildman–Crippen LogP) is 3.36. The number of hydrogen-bond donors (Lipinski definition) is 0. The van der Waals surface area contributed by atoms with Crippen molar-refractivity contribution in [2.24, 2.45) is 0 Å². The van der Waals surface area contributed by atoms with Crippen LogP contribution in [0.1, 0.15) is 27.3 Å². The van der Waals surface area contributed by atoms with Crippen LogP contribution in [0.2, 0.25) is 0 Å². The Kier molecular flexibility index (Phi) is 5.02. The fourth-order valence-electron chi connectivity index (χ4n) is 3.48. The Bertz CT molecular complexity index is 1040. The molecular formula is C22H20FN3O2. The molecule has 1 aliphatic heterocycles. The zero-order chi connectivity index (χ0) is 19.5. The van der Waals surface area contributed by atoms with Crippen LogP contribution in [0.15, 0.2) is 60.7 Å². The van der Waals surface area contributed by atoms with E-state index < -0.39 is 5.82 Å². The molecule has 5 nitrogen and oxygen atoms in total. The number of benzene rings is 2. The smallest absolute Gasteiger partial charge is 0.272 e. The van der Waals surface area contributed by atoms with Crippen LogP contribution >= 0.6 is 0 Å². The molecule has 2 amide bonds. The van der Waals surface area contributed by atoms with Gasteiger partial charge >= 0.3 is 0 Å². The van der Waals surface area contributed by atoms with Crippen LogP contribution in [0, 0.1) is 5.82 Å². The molecule has 0 bridgehead atoms. The molecule has 1 aromatic heterocycles. The van der Waals surface area contributed by atoms with Crippen molar-refractivity contribution in [2.75, 3.05) is 26.2 Å². The molecule has 2 heterocycles. The van der Waals surface area contributed by atoms with Gasteiger partial charge in [0.15, 0.2) is 0 Å². The Morgan fingerprint density at radius 2 is 1.46 bits per heavy atom. The van der Waals surface area contributed by atoms with Crippen molar-refractivity contribution >= 4 is 22.7 Å². The van der Waals surface area contributed by atoms with E-state index in [1.54, 1.807) is 28.0 Å². The molecule has 6 heteroatoms. The Hall–Kier alpha value is -3.28. The highest BCUT2D eigenvalue weighted by Crippen LogP contribution is 2.16. The van der Waals surface area contributed by atoms with E-state index >= 15 is 0 Å². The molecule has 1 fully saturated rings. The van der Waals surface area contributed by atoms with Gasteiger partial charge in [0.1, 0.15) is 11.5 Å². The summed E-state index contributed by atoms with van der Waals surface area (Å²) < 4.78 is 13.9. The summed E-state index contributed by atoms with van der Waals surface area (Å²) in [7, 11) is 0. The van der Waals surface area contributed by atoms with Crippen LogP contribution < -0.4 is 0 Å². The van der Waals surface area contributed by atoms with Crippen LogP contribution in [0.3, 0.4) is 0 Å². The van der Waals surface area contributed by atoms with Crippen molar-refractivity contribution in [3.63, 3.8) is 0 Å².